The number of nitrogens with zero attached hydrogens (tertiary/aromatic N) is 3. The Morgan fingerprint density at radius 3 is 2.83 bits per heavy atom. The summed E-state index contributed by atoms with van der Waals surface area (Å²) in [5.74, 6) is 1.19. The minimum absolute atomic E-state index is 0.289. The molecule has 0 unspecified atom stereocenters. The molecule has 23 heavy (non-hydrogen) atoms. The molecule has 1 aliphatic rings. The Labute approximate surface area is 140 Å². The van der Waals surface area contributed by atoms with Gasteiger partial charge < -0.3 is 9.42 Å². The van der Waals surface area contributed by atoms with Crippen molar-refractivity contribution >= 4 is 17.2 Å². The van der Waals surface area contributed by atoms with Crippen LogP contribution in [0.2, 0.25) is 0 Å². The molecule has 124 valence electrons. The zero-order valence-corrected chi connectivity index (χ0v) is 14.3. The van der Waals surface area contributed by atoms with E-state index in [1.807, 2.05) is 17.9 Å². The Kier molecular flexibility index (Phi) is 5.46. The molecule has 0 spiro atoms. The van der Waals surface area contributed by atoms with Crippen LogP contribution < -0.4 is 0 Å². The molecule has 5 nitrogen and oxygen atoms in total. The second kappa shape index (κ2) is 7.75. The first kappa shape index (κ1) is 16.2. The molecule has 2 aromatic rings. The molecular weight excluding hydrogens is 310 g/mol. The van der Waals surface area contributed by atoms with Gasteiger partial charge >= 0.3 is 0 Å². The van der Waals surface area contributed by atoms with E-state index in [1.165, 1.54) is 4.88 Å². The molecule has 3 heterocycles. The van der Waals surface area contributed by atoms with Crippen LogP contribution in [0, 0.1) is 6.92 Å². The number of aryl methyl sites for hydroxylation is 2. The first-order valence-corrected chi connectivity index (χ1v) is 9.03. The molecule has 1 saturated heterocycles. The number of carbonyl (C=O) groups is 1. The van der Waals surface area contributed by atoms with E-state index in [2.05, 4.69) is 27.6 Å². The van der Waals surface area contributed by atoms with Crippen molar-refractivity contribution in [2.45, 2.75) is 32.7 Å². The van der Waals surface area contributed by atoms with Crippen LogP contribution in [0.3, 0.4) is 0 Å². The van der Waals surface area contributed by atoms with Gasteiger partial charge in [-0.25, -0.2) is 0 Å². The summed E-state index contributed by atoms with van der Waals surface area (Å²) in [6, 6.07) is 6.18. The quantitative estimate of drug-likeness (QED) is 0.815. The van der Waals surface area contributed by atoms with Crippen molar-refractivity contribution in [3.05, 3.63) is 39.9 Å². The maximum Gasteiger partial charge on any atom is 0.222 e. The smallest absolute Gasteiger partial charge is 0.222 e. The van der Waals surface area contributed by atoms with Gasteiger partial charge in [-0.15, -0.1) is 11.3 Å². The third-order valence-electron chi connectivity index (χ3n) is 4.18. The minimum atomic E-state index is 0.289. The third-order valence-corrected chi connectivity index (χ3v) is 5.11. The van der Waals surface area contributed by atoms with Gasteiger partial charge in [-0.1, -0.05) is 11.2 Å². The van der Waals surface area contributed by atoms with Gasteiger partial charge in [-0.05, 0) is 31.2 Å². The number of thiophene rings is 1. The van der Waals surface area contributed by atoms with Crippen molar-refractivity contribution in [3.8, 4) is 0 Å². The Morgan fingerprint density at radius 1 is 1.35 bits per heavy atom. The van der Waals surface area contributed by atoms with Gasteiger partial charge in [0.25, 0.3) is 0 Å². The average Bonchev–Trinajstić information content (AvgIpc) is 3.20. The predicted octanol–water partition coefficient (Wildman–Crippen LogP) is 2.71. The number of hydrogen-bond acceptors (Lipinski definition) is 5. The summed E-state index contributed by atoms with van der Waals surface area (Å²) in [6.45, 7) is 6.13. The van der Waals surface area contributed by atoms with E-state index in [9.17, 15) is 4.79 Å². The van der Waals surface area contributed by atoms with Crippen molar-refractivity contribution in [3.63, 3.8) is 0 Å². The van der Waals surface area contributed by atoms with Gasteiger partial charge in [0.2, 0.25) is 5.91 Å². The van der Waals surface area contributed by atoms with Crippen LogP contribution in [0.25, 0.3) is 0 Å². The molecule has 0 aromatic carbocycles. The zero-order valence-electron chi connectivity index (χ0n) is 13.5. The monoisotopic (exact) mass is 333 g/mol. The van der Waals surface area contributed by atoms with Crippen molar-refractivity contribution in [2.75, 3.05) is 26.2 Å². The van der Waals surface area contributed by atoms with E-state index in [0.29, 0.717) is 6.42 Å². The first-order chi connectivity index (χ1) is 11.2. The van der Waals surface area contributed by atoms with Crippen molar-refractivity contribution in [1.82, 2.24) is 15.0 Å². The van der Waals surface area contributed by atoms with Gasteiger partial charge in [0.1, 0.15) is 0 Å². The highest BCUT2D eigenvalue weighted by Crippen LogP contribution is 2.14. The molecule has 1 amide bonds. The lowest BCUT2D eigenvalue weighted by Crippen LogP contribution is -2.48. The molecule has 0 atom stereocenters. The fraction of sp³-hybridized carbons (Fsp3) is 0.529. The first-order valence-electron chi connectivity index (χ1n) is 8.15. The molecule has 0 N–H and O–H groups in total. The van der Waals surface area contributed by atoms with Gasteiger partial charge in [0.05, 0.1) is 12.2 Å². The van der Waals surface area contributed by atoms with Crippen molar-refractivity contribution in [1.29, 1.82) is 0 Å². The van der Waals surface area contributed by atoms with Crippen LogP contribution in [0.15, 0.2) is 28.1 Å². The summed E-state index contributed by atoms with van der Waals surface area (Å²) in [6.07, 6.45) is 2.60. The number of hydrogen-bond donors (Lipinski definition) is 0. The summed E-state index contributed by atoms with van der Waals surface area (Å²) in [5.41, 5.74) is 0.916. The molecule has 3 rings (SSSR count). The molecular formula is C17H23N3O2S. The summed E-state index contributed by atoms with van der Waals surface area (Å²) < 4.78 is 5.26. The Bertz CT molecular complexity index is 616. The summed E-state index contributed by atoms with van der Waals surface area (Å²) in [7, 11) is 0. The second-order valence-electron chi connectivity index (χ2n) is 6.02. The van der Waals surface area contributed by atoms with E-state index in [-0.39, 0.29) is 5.91 Å². The number of rotatable bonds is 6. The Hall–Kier alpha value is -1.66. The average molecular weight is 333 g/mol. The number of aromatic nitrogens is 1. The molecule has 0 aliphatic carbocycles. The standard InChI is InChI=1S/C17H23N3O2S/c1-14-12-15(22-18-14)13-19-7-9-20(10-8-19)17(21)6-2-4-16-5-3-11-23-16/h3,5,11-12H,2,4,6-10,13H2,1H3. The largest absolute Gasteiger partial charge is 0.360 e. The van der Waals surface area contributed by atoms with Crippen LogP contribution in [-0.4, -0.2) is 47.0 Å². The van der Waals surface area contributed by atoms with Crippen LogP contribution >= 0.6 is 11.3 Å². The fourth-order valence-corrected chi connectivity index (χ4v) is 3.64. The van der Waals surface area contributed by atoms with Gasteiger partial charge in [-0.2, -0.15) is 0 Å². The van der Waals surface area contributed by atoms with E-state index in [0.717, 1.165) is 57.0 Å². The van der Waals surface area contributed by atoms with E-state index < -0.39 is 0 Å². The summed E-state index contributed by atoms with van der Waals surface area (Å²) in [4.78, 5) is 18.0. The highest BCUT2D eigenvalue weighted by atomic mass is 32.1. The topological polar surface area (TPSA) is 49.6 Å². The van der Waals surface area contributed by atoms with Crippen molar-refractivity contribution in [2.24, 2.45) is 0 Å². The summed E-state index contributed by atoms with van der Waals surface area (Å²) >= 11 is 1.77. The molecule has 0 saturated carbocycles. The van der Waals surface area contributed by atoms with E-state index in [4.69, 9.17) is 4.52 Å². The van der Waals surface area contributed by atoms with Crippen molar-refractivity contribution < 1.29 is 9.32 Å². The molecule has 1 aliphatic heterocycles. The lowest BCUT2D eigenvalue weighted by atomic mass is 10.2. The Balaban J connectivity index is 1.37. The lowest BCUT2D eigenvalue weighted by molar-refractivity contribution is -0.133. The SMILES string of the molecule is Cc1cc(CN2CCN(C(=O)CCCc3cccs3)CC2)on1. The molecule has 6 heteroatoms. The normalized spacial score (nSPS) is 16.0. The molecule has 0 bridgehead atoms. The van der Waals surface area contributed by atoms with E-state index >= 15 is 0 Å². The molecule has 1 fully saturated rings. The second-order valence-corrected chi connectivity index (χ2v) is 7.06. The minimum Gasteiger partial charge on any atom is -0.360 e. The maximum absolute atomic E-state index is 12.3. The van der Waals surface area contributed by atoms with Crippen LogP contribution in [0.1, 0.15) is 29.2 Å². The van der Waals surface area contributed by atoms with E-state index in [1.54, 1.807) is 11.3 Å². The zero-order chi connectivity index (χ0) is 16.1. The summed E-state index contributed by atoms with van der Waals surface area (Å²) in [5, 5.41) is 6.00. The highest BCUT2D eigenvalue weighted by molar-refractivity contribution is 7.09. The molecule has 0 radical (unpaired) electrons. The fourth-order valence-electron chi connectivity index (χ4n) is 2.89. The van der Waals surface area contributed by atoms with Crippen LogP contribution in [0.4, 0.5) is 0 Å². The van der Waals surface area contributed by atoms with Gasteiger partial charge in [0.15, 0.2) is 5.76 Å². The van der Waals surface area contributed by atoms with Crippen LogP contribution in [0.5, 0.6) is 0 Å². The highest BCUT2D eigenvalue weighted by Gasteiger charge is 2.21. The number of piperazine rings is 1. The molecule has 2 aromatic heterocycles. The Morgan fingerprint density at radius 2 is 2.17 bits per heavy atom. The number of carbonyl (C=O) groups excluding carboxylic acids is 1. The number of amides is 1. The van der Waals surface area contributed by atoms with Gasteiger partial charge in [0, 0.05) is 43.5 Å². The predicted molar refractivity (Wildman–Crippen MR) is 90.4 cm³/mol. The van der Waals surface area contributed by atoms with Gasteiger partial charge in [-0.3, -0.25) is 9.69 Å². The van der Waals surface area contributed by atoms with Crippen LogP contribution in [-0.2, 0) is 17.8 Å². The maximum atomic E-state index is 12.3. The third kappa shape index (κ3) is 4.65. The lowest BCUT2D eigenvalue weighted by Gasteiger charge is -2.34.